The number of ketones is 1. The van der Waals surface area contributed by atoms with Gasteiger partial charge in [-0.3, -0.25) is 19.3 Å². The van der Waals surface area contributed by atoms with Crippen LogP contribution in [0.15, 0.2) is 0 Å². The van der Waals surface area contributed by atoms with E-state index in [0.717, 1.165) is 25.7 Å². The number of likely N-dealkylation sites (tertiary alicyclic amines) is 1. The lowest BCUT2D eigenvalue weighted by Gasteiger charge is -2.29. The molecule has 2 amide bonds. The number of hydrogen-bond donors (Lipinski definition) is 0. The third kappa shape index (κ3) is 1.78. The molecule has 0 aromatic carbocycles. The predicted molar refractivity (Wildman–Crippen MR) is 64.6 cm³/mol. The summed E-state index contributed by atoms with van der Waals surface area (Å²) in [5, 5.41) is 0. The Morgan fingerprint density at radius 2 is 1.28 bits per heavy atom. The van der Waals surface area contributed by atoms with Gasteiger partial charge in [0, 0.05) is 18.9 Å². The molecule has 2 aliphatic carbocycles. The van der Waals surface area contributed by atoms with Crippen LogP contribution in [0.1, 0.15) is 51.4 Å². The Hall–Kier alpha value is -1.19. The van der Waals surface area contributed by atoms with Crippen molar-refractivity contribution in [3.05, 3.63) is 0 Å². The molecule has 98 valence electrons. The Kier molecular flexibility index (Phi) is 2.96. The zero-order chi connectivity index (χ0) is 12.7. The van der Waals surface area contributed by atoms with Crippen LogP contribution in [0.4, 0.5) is 0 Å². The van der Waals surface area contributed by atoms with Gasteiger partial charge in [0.05, 0.1) is 11.8 Å². The molecule has 3 aliphatic rings. The Morgan fingerprint density at radius 3 is 1.78 bits per heavy atom. The van der Waals surface area contributed by atoms with Crippen molar-refractivity contribution in [1.29, 1.82) is 0 Å². The molecule has 2 unspecified atom stereocenters. The second-order valence-electron chi connectivity index (χ2n) is 5.81. The van der Waals surface area contributed by atoms with E-state index in [0.29, 0.717) is 25.7 Å². The first-order chi connectivity index (χ1) is 8.68. The fourth-order valence-electron chi connectivity index (χ4n) is 3.73. The fourth-order valence-corrected chi connectivity index (χ4v) is 3.73. The maximum atomic E-state index is 12.4. The van der Waals surface area contributed by atoms with Crippen molar-refractivity contribution in [1.82, 2.24) is 4.90 Å². The van der Waals surface area contributed by atoms with Crippen LogP contribution < -0.4 is 0 Å². The summed E-state index contributed by atoms with van der Waals surface area (Å²) in [6.07, 6.45) is 6.28. The second-order valence-corrected chi connectivity index (χ2v) is 5.81. The number of carbonyl (C=O) groups is 3. The zero-order valence-corrected chi connectivity index (χ0v) is 10.6. The largest absolute Gasteiger partial charge is 0.300 e. The molecule has 0 N–H and O–H groups in total. The minimum absolute atomic E-state index is 0.00620. The van der Waals surface area contributed by atoms with Crippen molar-refractivity contribution in [2.45, 2.75) is 57.4 Å². The highest BCUT2D eigenvalue weighted by Gasteiger charge is 2.50. The van der Waals surface area contributed by atoms with E-state index in [4.69, 9.17) is 0 Å². The summed E-state index contributed by atoms with van der Waals surface area (Å²) in [6.45, 7) is 0. The van der Waals surface area contributed by atoms with Crippen LogP contribution in [-0.2, 0) is 14.4 Å². The van der Waals surface area contributed by atoms with Gasteiger partial charge in [0.25, 0.3) is 0 Å². The number of nitrogens with zero attached hydrogens (tertiary/aromatic N) is 1. The molecule has 0 spiro atoms. The summed E-state index contributed by atoms with van der Waals surface area (Å²) >= 11 is 0. The summed E-state index contributed by atoms with van der Waals surface area (Å²) in [6, 6.07) is -0.00620. The minimum atomic E-state index is -0.0520. The van der Waals surface area contributed by atoms with Crippen LogP contribution in [0.3, 0.4) is 0 Å². The molecule has 3 fully saturated rings. The molecule has 1 saturated heterocycles. The number of imide groups is 1. The van der Waals surface area contributed by atoms with Gasteiger partial charge in [-0.2, -0.15) is 0 Å². The molecule has 18 heavy (non-hydrogen) atoms. The van der Waals surface area contributed by atoms with E-state index in [-0.39, 0.29) is 35.5 Å². The molecule has 2 atom stereocenters. The molecule has 0 bridgehead atoms. The molecule has 1 aliphatic heterocycles. The second kappa shape index (κ2) is 4.48. The van der Waals surface area contributed by atoms with E-state index in [9.17, 15) is 14.4 Å². The van der Waals surface area contributed by atoms with Crippen LogP contribution in [0.5, 0.6) is 0 Å². The Morgan fingerprint density at radius 1 is 0.778 bits per heavy atom. The van der Waals surface area contributed by atoms with Gasteiger partial charge in [0.1, 0.15) is 5.78 Å². The van der Waals surface area contributed by atoms with Gasteiger partial charge in [0.15, 0.2) is 0 Å². The van der Waals surface area contributed by atoms with Gasteiger partial charge < -0.3 is 0 Å². The maximum absolute atomic E-state index is 12.4. The molecule has 3 rings (SSSR count). The average Bonchev–Trinajstić information content (AvgIpc) is 2.64. The summed E-state index contributed by atoms with van der Waals surface area (Å²) in [7, 11) is 0. The lowest BCUT2D eigenvalue weighted by Crippen LogP contribution is -2.42. The topological polar surface area (TPSA) is 54.5 Å². The number of carbonyl (C=O) groups excluding carboxylic acids is 3. The number of hydrogen-bond acceptors (Lipinski definition) is 3. The molecule has 1 heterocycles. The highest BCUT2D eigenvalue weighted by molar-refractivity contribution is 6.05. The van der Waals surface area contributed by atoms with Crippen molar-refractivity contribution in [3.63, 3.8) is 0 Å². The van der Waals surface area contributed by atoms with E-state index in [1.807, 2.05) is 0 Å². The third-order valence-corrected chi connectivity index (χ3v) is 4.75. The van der Waals surface area contributed by atoms with E-state index >= 15 is 0 Å². The van der Waals surface area contributed by atoms with E-state index in [1.165, 1.54) is 4.90 Å². The molecule has 4 nitrogen and oxygen atoms in total. The van der Waals surface area contributed by atoms with Crippen LogP contribution >= 0.6 is 0 Å². The first kappa shape index (κ1) is 11.9. The molecular weight excluding hydrogens is 230 g/mol. The van der Waals surface area contributed by atoms with Crippen LogP contribution in [0, 0.1) is 11.8 Å². The Labute approximate surface area is 107 Å². The van der Waals surface area contributed by atoms with Gasteiger partial charge in [-0.25, -0.2) is 0 Å². The van der Waals surface area contributed by atoms with Gasteiger partial charge >= 0.3 is 0 Å². The molecule has 0 aromatic rings. The first-order valence-electron chi connectivity index (χ1n) is 7.07. The number of amides is 2. The molecule has 2 saturated carbocycles. The van der Waals surface area contributed by atoms with Crippen molar-refractivity contribution >= 4 is 17.6 Å². The Balaban J connectivity index is 1.78. The lowest BCUT2D eigenvalue weighted by molar-refractivity contribution is -0.144. The van der Waals surface area contributed by atoms with Crippen molar-refractivity contribution in [2.75, 3.05) is 0 Å². The number of fused-ring (bicyclic) bond motifs is 1. The molecular formula is C14H19NO3. The van der Waals surface area contributed by atoms with Crippen LogP contribution in [-0.4, -0.2) is 28.5 Å². The summed E-state index contributed by atoms with van der Waals surface area (Å²) < 4.78 is 0. The normalized spacial score (nSPS) is 34.0. The van der Waals surface area contributed by atoms with Crippen LogP contribution in [0.25, 0.3) is 0 Å². The zero-order valence-electron chi connectivity index (χ0n) is 10.6. The predicted octanol–water partition coefficient (Wildman–Crippen LogP) is 1.67. The van der Waals surface area contributed by atoms with Gasteiger partial charge in [-0.05, 0) is 25.7 Å². The fraction of sp³-hybridized carbons (Fsp3) is 0.786. The summed E-state index contributed by atoms with van der Waals surface area (Å²) in [4.78, 5) is 37.5. The highest BCUT2D eigenvalue weighted by atomic mass is 16.2. The first-order valence-corrected chi connectivity index (χ1v) is 7.07. The van der Waals surface area contributed by atoms with Gasteiger partial charge in [0.2, 0.25) is 11.8 Å². The smallest absolute Gasteiger partial charge is 0.233 e. The highest BCUT2D eigenvalue weighted by Crippen LogP contribution is 2.40. The Bertz CT molecular complexity index is 370. The molecule has 4 heteroatoms. The molecule has 0 radical (unpaired) electrons. The average molecular weight is 249 g/mol. The van der Waals surface area contributed by atoms with Crippen LogP contribution in [0.2, 0.25) is 0 Å². The lowest BCUT2D eigenvalue weighted by atomic mass is 9.81. The SMILES string of the molecule is O=C1CCC(N2C(=O)C3CCCCC3C2=O)CC1. The number of Topliss-reactive ketones (excluding diaryl/α,β-unsaturated/α-hetero) is 1. The van der Waals surface area contributed by atoms with Gasteiger partial charge in [-0.1, -0.05) is 12.8 Å². The number of rotatable bonds is 1. The summed E-state index contributed by atoms with van der Waals surface area (Å²) in [5.74, 6) is 0.253. The standard InChI is InChI=1S/C14H19NO3/c16-10-7-5-9(6-8-10)15-13(17)11-3-1-2-4-12(11)14(15)18/h9,11-12H,1-8H2. The monoisotopic (exact) mass is 249 g/mol. The third-order valence-electron chi connectivity index (χ3n) is 4.75. The van der Waals surface area contributed by atoms with Crippen molar-refractivity contribution in [3.8, 4) is 0 Å². The molecule has 0 aromatic heterocycles. The van der Waals surface area contributed by atoms with Crippen molar-refractivity contribution in [2.24, 2.45) is 11.8 Å². The quantitative estimate of drug-likeness (QED) is 0.664. The maximum Gasteiger partial charge on any atom is 0.233 e. The van der Waals surface area contributed by atoms with Gasteiger partial charge in [-0.15, -0.1) is 0 Å². The van der Waals surface area contributed by atoms with Crippen molar-refractivity contribution < 1.29 is 14.4 Å². The van der Waals surface area contributed by atoms with E-state index in [2.05, 4.69) is 0 Å². The summed E-state index contributed by atoms with van der Waals surface area (Å²) in [5.41, 5.74) is 0. The van der Waals surface area contributed by atoms with E-state index < -0.39 is 0 Å². The minimum Gasteiger partial charge on any atom is -0.300 e. The van der Waals surface area contributed by atoms with E-state index in [1.54, 1.807) is 0 Å².